The number of Topliss-reactive ketones (excluding diaryl/α,β-unsaturated/α-hetero) is 1. The van der Waals surface area contributed by atoms with Gasteiger partial charge in [-0.3, -0.25) is 14.4 Å². The number of H-pyrrole nitrogens is 1. The maximum atomic E-state index is 13.2. The molecule has 2 unspecified atom stereocenters. The van der Waals surface area contributed by atoms with Crippen LogP contribution in [0.4, 0.5) is 10.6 Å². The van der Waals surface area contributed by atoms with Crippen LogP contribution in [-0.2, 0) is 100 Å². The van der Waals surface area contributed by atoms with Crippen LogP contribution in [0.5, 0.6) is 0 Å². The molecule has 4 aromatic heterocycles. The number of pyridine rings is 1. The molecule has 9 rings (SSSR count). The number of aliphatic hydroxyl groups is 4. The molecule has 33 nitrogen and oxygen atoms in total. The fraction of sp³-hybridized carbons (Fsp3) is 0.681. The average molecular weight is 1780 g/mol. The normalized spacial score (nSPS) is 20.4. The van der Waals surface area contributed by atoms with Gasteiger partial charge in [0, 0.05) is 89.2 Å². The van der Waals surface area contributed by atoms with Crippen LogP contribution in [0.2, 0.25) is 0 Å². The summed E-state index contributed by atoms with van der Waals surface area (Å²) in [6.45, 7) is 22.6. The summed E-state index contributed by atoms with van der Waals surface area (Å²) in [4.78, 5) is 71.8. The zero-order chi connectivity index (χ0) is 90.8. The highest BCUT2D eigenvalue weighted by molar-refractivity contribution is 6.38. The molecule has 1 saturated carbocycles. The number of allylic oxidation sites excluding steroid dienone is 6. The molecule has 1 aliphatic carbocycles. The molecule has 10 N–H and O–H groups in total. The van der Waals surface area contributed by atoms with Crippen molar-refractivity contribution in [2.45, 2.75) is 218 Å². The average Bonchev–Trinajstić information content (AvgIpc) is 1.62. The molecule has 1 aromatic carbocycles. The van der Waals surface area contributed by atoms with Crippen molar-refractivity contribution in [3.8, 4) is 11.3 Å². The number of hydrogen-bond donors (Lipinski definition) is 8. The topological polar surface area (TPSA) is 421 Å². The lowest BCUT2D eigenvalue weighted by Gasteiger charge is -2.38. The van der Waals surface area contributed by atoms with E-state index >= 15 is 0 Å². The van der Waals surface area contributed by atoms with Crippen molar-refractivity contribution in [2.24, 2.45) is 29.4 Å². The zero-order valence-electron chi connectivity index (χ0n) is 76.3. The Labute approximate surface area is 749 Å². The van der Waals surface area contributed by atoms with Gasteiger partial charge in [0.05, 0.1) is 174 Å². The van der Waals surface area contributed by atoms with Crippen molar-refractivity contribution < 1.29 is 106 Å². The number of aromatic nitrogens is 6. The number of piperidine rings is 1. The van der Waals surface area contributed by atoms with Crippen LogP contribution in [0.15, 0.2) is 96.7 Å². The molecule has 3 aliphatic heterocycles. The first-order valence-corrected chi connectivity index (χ1v) is 45.8. The first-order valence-electron chi connectivity index (χ1n) is 45.8. The minimum Gasteiger partial charge on any atom is -0.446 e. The number of nitrogen functional groups attached to an aromatic ring is 1. The molecule has 3 amide bonds. The largest absolute Gasteiger partial charge is 0.446 e. The minimum atomic E-state index is -2.14. The molecule has 2 saturated heterocycles. The number of ketones is 1. The number of alkyl carbamates (subject to hydrolysis) is 1. The number of ether oxygens (including phenoxy) is 14. The van der Waals surface area contributed by atoms with E-state index < -0.39 is 47.5 Å². The summed E-state index contributed by atoms with van der Waals surface area (Å²) in [5.74, 6) is -3.20. The predicted octanol–water partition coefficient (Wildman–Crippen LogP) is 9.26. The van der Waals surface area contributed by atoms with Gasteiger partial charge in [-0.25, -0.2) is 24.4 Å². The molecule has 33 heteroatoms. The number of aliphatic hydroxyl groups excluding tert-OH is 2. The number of methoxy groups -OCH3 is 2. The van der Waals surface area contributed by atoms with Crippen LogP contribution in [0.1, 0.15) is 161 Å². The fourth-order valence-electron chi connectivity index (χ4n) is 16.7. The van der Waals surface area contributed by atoms with Crippen LogP contribution in [0, 0.1) is 23.7 Å². The lowest BCUT2D eigenvalue weighted by molar-refractivity contribution is -0.244. The summed E-state index contributed by atoms with van der Waals surface area (Å²) >= 11 is 0. The number of likely N-dealkylation sites (tertiary alicyclic amines) is 1. The van der Waals surface area contributed by atoms with Crippen molar-refractivity contribution in [3.63, 3.8) is 0 Å². The second kappa shape index (κ2) is 55.5. The Balaban J connectivity index is 0.486. The van der Waals surface area contributed by atoms with Crippen LogP contribution in [0.3, 0.4) is 0 Å². The van der Waals surface area contributed by atoms with Crippen molar-refractivity contribution in [2.75, 3.05) is 178 Å². The number of benzene rings is 1. The summed E-state index contributed by atoms with van der Waals surface area (Å²) < 4.78 is 81.3. The molecular weight excluding hydrogens is 1640 g/mol. The summed E-state index contributed by atoms with van der Waals surface area (Å²) in [6, 6.07) is 10.2. The Bertz CT molecular complexity index is 4200. The Morgan fingerprint density at radius 1 is 0.693 bits per heavy atom. The number of aromatic amines is 1. The number of hydrogen-bond acceptors (Lipinski definition) is 28. The van der Waals surface area contributed by atoms with E-state index in [1.807, 2.05) is 85.1 Å². The number of rotatable bonds is 60. The molecule has 3 fully saturated rings. The minimum absolute atomic E-state index is 0.0332. The molecule has 127 heavy (non-hydrogen) atoms. The van der Waals surface area contributed by atoms with Gasteiger partial charge in [0.15, 0.2) is 5.65 Å². The first-order chi connectivity index (χ1) is 61.4. The van der Waals surface area contributed by atoms with E-state index in [1.54, 1.807) is 34.3 Å². The van der Waals surface area contributed by atoms with Crippen molar-refractivity contribution >= 4 is 51.6 Å². The van der Waals surface area contributed by atoms with Gasteiger partial charge in [0.25, 0.3) is 11.7 Å². The highest BCUT2D eigenvalue weighted by Gasteiger charge is 2.48. The molecule has 708 valence electrons. The number of carbonyl (C=O) groups excluding carboxylic acids is 4. The second-order valence-electron chi connectivity index (χ2n) is 34.2. The molecular formula is C94H145N11O22. The van der Waals surface area contributed by atoms with Crippen molar-refractivity contribution in [1.82, 2.24) is 44.8 Å². The monoisotopic (exact) mass is 1780 g/mol. The molecule has 0 bridgehead atoms. The molecule has 7 heterocycles. The summed E-state index contributed by atoms with van der Waals surface area (Å²) in [6.07, 6.45) is 23.9. The van der Waals surface area contributed by atoms with Crippen LogP contribution >= 0.6 is 0 Å². The Hall–Kier alpha value is -7.62. The number of nitrogens with two attached hydrogens (primary N) is 2. The van der Waals surface area contributed by atoms with E-state index in [0.29, 0.717) is 244 Å². The Kier molecular flexibility index (Phi) is 45.1. The van der Waals surface area contributed by atoms with Gasteiger partial charge < -0.3 is 118 Å². The van der Waals surface area contributed by atoms with Gasteiger partial charge in [-0.1, -0.05) is 75.4 Å². The first kappa shape index (κ1) is 103. The highest BCUT2D eigenvalue weighted by atomic mass is 16.6. The lowest BCUT2D eigenvalue weighted by Crippen LogP contribution is -2.55. The SMILES string of the molecule is COC(CC[C@H](C)/C=C(\C)[C@@H](O)[C@@H](O)C(C)(O)[C@H](C)C[C@H](C)/C=C/C=C/C=C(\C)[C@H](C[C@@H]1CCC[C@](O)(C(=O)C(=O)N2CCCCC2)O1)OC)[C@H](N)C[C@H]1CC[C@H](OC(=O)NCCOCCOCCOCCOCCOCCOCCOCCOCCOCCOCCC(=O)N2CCc3cc(Cn4nc(-c5cnc6[nH]ccc6c5)c5c(N)ncnc54)ccc3C2)CC1. The quantitative estimate of drug-likeness (QED) is 0.00777. The van der Waals surface area contributed by atoms with Crippen LogP contribution in [0.25, 0.3) is 33.3 Å². The molecule has 4 aliphatic rings. The molecule has 11 atom stereocenters. The Morgan fingerprint density at radius 3 is 1.94 bits per heavy atom. The van der Waals surface area contributed by atoms with E-state index in [2.05, 4.69) is 50.4 Å². The maximum absolute atomic E-state index is 13.2. The third-order valence-electron chi connectivity index (χ3n) is 24.4. The van der Waals surface area contributed by atoms with Gasteiger partial charge in [0.2, 0.25) is 11.7 Å². The van der Waals surface area contributed by atoms with Gasteiger partial charge >= 0.3 is 6.09 Å². The van der Waals surface area contributed by atoms with Crippen LogP contribution in [-0.4, -0.2) is 310 Å². The molecule has 0 spiro atoms. The standard InChI is InChI=1S/C94H145N11O22/c1-66(16-11-9-12-17-68(3)81(115-8)61-78-18-15-30-94(113,127-78)87(109)91(110)103-33-13-10-14-34-103)57-70(5)93(6,112)86(108)85(107)69(4)56-67(2)19-26-80(114-7)79(95)59-71-21-24-77(25-22-71)126-92(111)98-32-37-117-39-41-119-43-45-121-47-49-123-51-53-125-55-54-124-52-50-122-48-46-120-44-42-118-40-38-116-36-29-82(106)104-35-28-73-58-72(20-23-75(73)64-104)63-105-90-83(88(96)100-65-101-90)84(102-105)76-60-74-27-31-97-89(74)99-62-76/h9,11-12,16-17,20,23,27,31,56,58,60,62,65-67,70-71,77-81,85-86,107-108,112-113H,10,13-15,18-19,21-22,24-26,28-30,32-55,57,59,61,63-64,95H2,1-8H3,(H,97,99)(H,98,111)(H2,96,100,101)/b12-9+,16-11+,68-17+,69-56+/t66-,67+,70-,71-,77-,78+,79-,80?,81+,85-,86-,93?,94-/m1/s1. The van der Waals surface area contributed by atoms with Crippen molar-refractivity contribution in [3.05, 3.63) is 113 Å². The number of amides is 3. The summed E-state index contributed by atoms with van der Waals surface area (Å²) in [5.41, 5.74) is 19.4. The number of fused-ring (bicyclic) bond motifs is 3. The number of nitrogens with zero attached hydrogens (tertiary/aromatic N) is 7. The third-order valence-corrected chi connectivity index (χ3v) is 24.4. The van der Waals surface area contributed by atoms with Gasteiger partial charge in [-0.05, 0) is 174 Å². The molecule has 5 aromatic rings. The van der Waals surface area contributed by atoms with Gasteiger partial charge in [-0.15, -0.1) is 0 Å². The fourth-order valence-corrected chi connectivity index (χ4v) is 16.7. The highest BCUT2D eigenvalue weighted by Crippen LogP contribution is 2.37. The van der Waals surface area contributed by atoms with E-state index in [4.69, 9.17) is 82.9 Å². The van der Waals surface area contributed by atoms with Crippen molar-refractivity contribution in [1.29, 1.82) is 0 Å². The Morgan fingerprint density at radius 2 is 1.31 bits per heavy atom. The number of anilines is 1. The lowest BCUT2D eigenvalue weighted by atomic mass is 9.77. The van der Waals surface area contributed by atoms with E-state index in [1.165, 1.54) is 16.8 Å². The maximum Gasteiger partial charge on any atom is 0.407 e. The predicted molar refractivity (Wildman–Crippen MR) is 480 cm³/mol. The van der Waals surface area contributed by atoms with E-state index in [9.17, 15) is 39.6 Å². The third kappa shape index (κ3) is 34.2. The van der Waals surface area contributed by atoms with Gasteiger partial charge in [-0.2, -0.15) is 5.10 Å². The molecule has 0 radical (unpaired) electrons. The van der Waals surface area contributed by atoms with E-state index in [0.717, 1.165) is 97.5 Å². The number of carbonyl (C=O) groups is 4. The second-order valence-corrected chi connectivity index (χ2v) is 34.2. The zero-order valence-corrected chi connectivity index (χ0v) is 76.3. The number of nitrogens with one attached hydrogen (secondary N) is 2. The van der Waals surface area contributed by atoms with E-state index in [-0.39, 0.29) is 54.4 Å². The van der Waals surface area contributed by atoms with Gasteiger partial charge in [0.1, 0.15) is 41.8 Å². The smallest absolute Gasteiger partial charge is 0.407 e. The summed E-state index contributed by atoms with van der Waals surface area (Å²) in [7, 11) is 3.29. The summed E-state index contributed by atoms with van der Waals surface area (Å²) in [5, 5.41) is 55.1. The van der Waals surface area contributed by atoms with Crippen LogP contribution < -0.4 is 16.8 Å².